The fourth-order valence-electron chi connectivity index (χ4n) is 1.17. The third-order valence-corrected chi connectivity index (χ3v) is 1.85. The molecule has 0 aliphatic rings. The maximum absolute atomic E-state index is 11.1. The van der Waals surface area contributed by atoms with Crippen molar-refractivity contribution in [3.8, 4) is 0 Å². The Labute approximate surface area is 83.7 Å². The van der Waals surface area contributed by atoms with Crippen molar-refractivity contribution in [3.63, 3.8) is 0 Å². The van der Waals surface area contributed by atoms with Crippen LogP contribution in [-0.2, 0) is 11.2 Å². The van der Waals surface area contributed by atoms with Gasteiger partial charge in [-0.2, -0.15) is 0 Å². The molecule has 0 unspecified atom stereocenters. The number of oxazole rings is 1. The molecule has 1 aromatic heterocycles. The van der Waals surface area contributed by atoms with Crippen molar-refractivity contribution < 1.29 is 9.21 Å². The smallest absolute Gasteiger partial charge is 0.219 e. The van der Waals surface area contributed by atoms with Crippen LogP contribution in [0.2, 0.25) is 0 Å². The Bertz CT molecular complexity index is 294. The van der Waals surface area contributed by atoms with Gasteiger partial charge in [-0.1, -0.05) is 6.92 Å². The van der Waals surface area contributed by atoms with Gasteiger partial charge in [-0.15, -0.1) is 0 Å². The van der Waals surface area contributed by atoms with Gasteiger partial charge in [0.2, 0.25) is 5.91 Å². The first-order valence-corrected chi connectivity index (χ1v) is 4.90. The molecule has 4 heteroatoms. The van der Waals surface area contributed by atoms with E-state index >= 15 is 0 Å². The highest BCUT2D eigenvalue weighted by Crippen LogP contribution is 2.00. The molecule has 0 aromatic carbocycles. The number of nitrogens with zero attached hydrogens (tertiary/aromatic N) is 1. The number of amides is 1. The summed E-state index contributed by atoms with van der Waals surface area (Å²) in [7, 11) is 0. The molecule has 1 aromatic rings. The largest absolute Gasteiger partial charge is 0.449 e. The number of hydrogen-bond acceptors (Lipinski definition) is 3. The zero-order valence-electron chi connectivity index (χ0n) is 8.67. The monoisotopic (exact) mass is 196 g/mol. The topological polar surface area (TPSA) is 55.1 Å². The van der Waals surface area contributed by atoms with Gasteiger partial charge in [0, 0.05) is 26.3 Å². The Morgan fingerprint density at radius 2 is 2.43 bits per heavy atom. The molecule has 0 atom stereocenters. The normalized spacial score (nSPS) is 10.1. The summed E-state index contributed by atoms with van der Waals surface area (Å²) in [5.74, 6) is 0.771. The minimum atomic E-state index is 0.104. The summed E-state index contributed by atoms with van der Waals surface area (Å²) in [6.07, 6.45) is 3.83. The molecule has 0 radical (unpaired) electrons. The van der Waals surface area contributed by atoms with Gasteiger partial charge in [0.15, 0.2) is 5.89 Å². The van der Waals surface area contributed by atoms with Crippen molar-refractivity contribution in [1.29, 1.82) is 0 Å². The van der Waals surface area contributed by atoms with Gasteiger partial charge < -0.3 is 9.73 Å². The molecule has 1 N–H and O–H groups in total. The fraction of sp³-hybridized carbons (Fsp3) is 0.600. The Morgan fingerprint density at radius 3 is 3.00 bits per heavy atom. The third-order valence-electron chi connectivity index (χ3n) is 1.85. The lowest BCUT2D eigenvalue weighted by Crippen LogP contribution is -2.25. The minimum Gasteiger partial charge on any atom is -0.449 e. The molecular weight excluding hydrogens is 180 g/mol. The average molecular weight is 196 g/mol. The highest BCUT2D eigenvalue weighted by Gasteiger charge is 2.01. The van der Waals surface area contributed by atoms with Gasteiger partial charge >= 0.3 is 0 Å². The van der Waals surface area contributed by atoms with Crippen LogP contribution in [0.4, 0.5) is 0 Å². The summed E-state index contributed by atoms with van der Waals surface area (Å²) in [5.41, 5.74) is 0.888. The van der Waals surface area contributed by atoms with Gasteiger partial charge in [0.25, 0.3) is 0 Å². The molecule has 1 rings (SSSR count). The SMILES string of the molecule is CCCC(=O)NCCc1coc(C)n1. The first kappa shape index (κ1) is 10.8. The number of aromatic nitrogens is 1. The van der Waals surface area contributed by atoms with Crippen LogP contribution in [0.1, 0.15) is 31.4 Å². The van der Waals surface area contributed by atoms with Gasteiger partial charge in [-0.25, -0.2) is 4.98 Å². The summed E-state index contributed by atoms with van der Waals surface area (Å²) in [5, 5.41) is 2.82. The zero-order chi connectivity index (χ0) is 10.4. The fourth-order valence-corrected chi connectivity index (χ4v) is 1.17. The molecule has 1 heterocycles. The van der Waals surface area contributed by atoms with E-state index in [1.165, 1.54) is 0 Å². The summed E-state index contributed by atoms with van der Waals surface area (Å²) in [6.45, 7) is 4.42. The first-order valence-electron chi connectivity index (χ1n) is 4.90. The first-order chi connectivity index (χ1) is 6.72. The summed E-state index contributed by atoms with van der Waals surface area (Å²) >= 11 is 0. The van der Waals surface area contributed by atoms with Crippen molar-refractivity contribution in [2.75, 3.05) is 6.54 Å². The van der Waals surface area contributed by atoms with Crippen LogP contribution >= 0.6 is 0 Å². The second-order valence-electron chi connectivity index (χ2n) is 3.21. The van der Waals surface area contributed by atoms with Gasteiger partial charge in [-0.05, 0) is 6.42 Å². The number of hydrogen-bond donors (Lipinski definition) is 1. The van der Waals surface area contributed by atoms with E-state index in [1.54, 1.807) is 13.2 Å². The van der Waals surface area contributed by atoms with Crippen LogP contribution in [0.25, 0.3) is 0 Å². The number of carbonyl (C=O) groups is 1. The van der Waals surface area contributed by atoms with Crippen molar-refractivity contribution in [3.05, 3.63) is 17.8 Å². The molecule has 0 aliphatic carbocycles. The minimum absolute atomic E-state index is 0.104. The van der Waals surface area contributed by atoms with Crippen LogP contribution in [0.15, 0.2) is 10.7 Å². The van der Waals surface area contributed by atoms with Crippen LogP contribution < -0.4 is 5.32 Å². The second-order valence-corrected chi connectivity index (χ2v) is 3.21. The van der Waals surface area contributed by atoms with Crippen LogP contribution in [0.3, 0.4) is 0 Å². The van der Waals surface area contributed by atoms with Crippen molar-refractivity contribution in [2.45, 2.75) is 33.1 Å². The highest BCUT2D eigenvalue weighted by atomic mass is 16.3. The molecule has 0 saturated carbocycles. The standard InChI is InChI=1S/C10H16N2O2/c1-3-4-10(13)11-6-5-9-7-14-8(2)12-9/h7H,3-6H2,1-2H3,(H,11,13). The quantitative estimate of drug-likeness (QED) is 0.775. The maximum Gasteiger partial charge on any atom is 0.219 e. The molecule has 0 aliphatic heterocycles. The lowest BCUT2D eigenvalue weighted by Gasteiger charge is -2.01. The number of carbonyl (C=O) groups excluding carboxylic acids is 1. The van der Waals surface area contributed by atoms with Gasteiger partial charge in [-0.3, -0.25) is 4.79 Å². The molecule has 0 saturated heterocycles. The maximum atomic E-state index is 11.1. The second kappa shape index (κ2) is 5.42. The Morgan fingerprint density at radius 1 is 1.64 bits per heavy atom. The average Bonchev–Trinajstić information content (AvgIpc) is 2.52. The van der Waals surface area contributed by atoms with Crippen molar-refractivity contribution >= 4 is 5.91 Å². The van der Waals surface area contributed by atoms with E-state index in [0.29, 0.717) is 18.9 Å². The highest BCUT2D eigenvalue weighted by molar-refractivity contribution is 5.75. The molecule has 14 heavy (non-hydrogen) atoms. The van der Waals surface area contributed by atoms with Gasteiger partial charge in [0.1, 0.15) is 6.26 Å². The predicted molar refractivity (Wildman–Crippen MR) is 52.9 cm³/mol. The molecule has 0 bridgehead atoms. The molecule has 1 amide bonds. The predicted octanol–water partition coefficient (Wildman–Crippen LogP) is 1.44. The Hall–Kier alpha value is -1.32. The number of aryl methyl sites for hydroxylation is 1. The molecule has 0 spiro atoms. The van der Waals surface area contributed by atoms with E-state index in [1.807, 2.05) is 6.92 Å². The van der Waals surface area contributed by atoms with E-state index in [4.69, 9.17) is 4.42 Å². The van der Waals surface area contributed by atoms with E-state index in [2.05, 4.69) is 10.3 Å². The summed E-state index contributed by atoms with van der Waals surface area (Å²) < 4.78 is 5.05. The van der Waals surface area contributed by atoms with E-state index in [9.17, 15) is 4.79 Å². The van der Waals surface area contributed by atoms with Crippen molar-refractivity contribution in [1.82, 2.24) is 10.3 Å². The lowest BCUT2D eigenvalue weighted by molar-refractivity contribution is -0.121. The van der Waals surface area contributed by atoms with Crippen molar-refractivity contribution in [2.24, 2.45) is 0 Å². The van der Waals surface area contributed by atoms with Crippen LogP contribution in [-0.4, -0.2) is 17.4 Å². The Kier molecular flexibility index (Phi) is 4.16. The van der Waals surface area contributed by atoms with E-state index in [0.717, 1.165) is 18.5 Å². The summed E-state index contributed by atoms with van der Waals surface area (Å²) in [6, 6.07) is 0. The molecular formula is C10H16N2O2. The molecule has 4 nitrogen and oxygen atoms in total. The number of rotatable bonds is 5. The zero-order valence-corrected chi connectivity index (χ0v) is 8.67. The molecule has 78 valence electrons. The molecule has 0 fully saturated rings. The van der Waals surface area contributed by atoms with Crippen LogP contribution in [0.5, 0.6) is 0 Å². The lowest BCUT2D eigenvalue weighted by atomic mass is 10.3. The van der Waals surface area contributed by atoms with E-state index < -0.39 is 0 Å². The summed E-state index contributed by atoms with van der Waals surface area (Å²) in [4.78, 5) is 15.2. The van der Waals surface area contributed by atoms with Crippen LogP contribution in [0, 0.1) is 6.92 Å². The third kappa shape index (κ3) is 3.60. The van der Waals surface area contributed by atoms with E-state index in [-0.39, 0.29) is 5.91 Å². The Balaban J connectivity index is 2.18. The number of nitrogens with one attached hydrogen (secondary N) is 1. The van der Waals surface area contributed by atoms with Gasteiger partial charge in [0.05, 0.1) is 5.69 Å².